The van der Waals surface area contributed by atoms with Gasteiger partial charge in [-0.05, 0) is 119 Å². The lowest BCUT2D eigenvalue weighted by Crippen LogP contribution is -2.10. The molecule has 0 unspecified atom stereocenters. The molecule has 9 aromatic rings. The minimum atomic E-state index is 1.13. The first-order valence-electron chi connectivity index (χ1n) is 17.9. The van der Waals surface area contributed by atoms with E-state index in [2.05, 4.69) is 217 Å². The molecule has 0 atom stereocenters. The first-order valence-corrected chi connectivity index (χ1v) is 17.9. The molecule has 1 aromatic heterocycles. The highest BCUT2D eigenvalue weighted by Gasteiger charge is 2.15. The maximum absolute atomic E-state index is 2.36. The average molecular weight is 667 g/mol. The normalized spacial score (nSPS) is 11.3. The van der Waals surface area contributed by atoms with Gasteiger partial charge in [-0.25, -0.2) is 0 Å². The van der Waals surface area contributed by atoms with E-state index < -0.39 is 0 Å². The van der Waals surface area contributed by atoms with Gasteiger partial charge in [0.25, 0.3) is 0 Å². The summed E-state index contributed by atoms with van der Waals surface area (Å²) in [6.07, 6.45) is 0. The van der Waals surface area contributed by atoms with Crippen molar-refractivity contribution in [2.75, 3.05) is 4.90 Å². The maximum Gasteiger partial charge on any atom is 0.0541 e. The quantitative estimate of drug-likeness (QED) is 0.164. The summed E-state index contributed by atoms with van der Waals surface area (Å²) < 4.78 is 2.36. The van der Waals surface area contributed by atoms with Crippen LogP contribution in [0, 0.1) is 13.8 Å². The molecule has 52 heavy (non-hydrogen) atoms. The van der Waals surface area contributed by atoms with E-state index in [1.54, 1.807) is 0 Å². The van der Waals surface area contributed by atoms with Crippen molar-refractivity contribution < 1.29 is 0 Å². The van der Waals surface area contributed by atoms with Crippen LogP contribution in [-0.4, -0.2) is 4.57 Å². The van der Waals surface area contributed by atoms with Crippen LogP contribution in [0.4, 0.5) is 17.1 Å². The Morgan fingerprint density at radius 2 is 0.692 bits per heavy atom. The lowest BCUT2D eigenvalue weighted by Gasteiger charge is -2.26. The summed E-state index contributed by atoms with van der Waals surface area (Å²) >= 11 is 0. The van der Waals surface area contributed by atoms with Gasteiger partial charge in [0.1, 0.15) is 0 Å². The zero-order valence-electron chi connectivity index (χ0n) is 29.4. The summed E-state index contributed by atoms with van der Waals surface area (Å²) in [5.74, 6) is 0. The van der Waals surface area contributed by atoms with Crippen molar-refractivity contribution in [2.24, 2.45) is 0 Å². The number of benzene rings is 8. The number of nitrogens with zero attached hydrogens (tertiary/aromatic N) is 2. The van der Waals surface area contributed by atoms with Gasteiger partial charge in [0.15, 0.2) is 0 Å². The predicted octanol–water partition coefficient (Wildman–Crippen LogP) is 13.9. The van der Waals surface area contributed by atoms with Crippen LogP contribution in [0.2, 0.25) is 0 Å². The van der Waals surface area contributed by atoms with Crippen LogP contribution in [0.15, 0.2) is 194 Å². The summed E-state index contributed by atoms with van der Waals surface area (Å²) in [6.45, 7) is 4.33. The minimum Gasteiger partial charge on any atom is -0.310 e. The number of anilines is 3. The Balaban J connectivity index is 0.990. The van der Waals surface area contributed by atoms with Crippen molar-refractivity contribution in [1.82, 2.24) is 4.57 Å². The van der Waals surface area contributed by atoms with Crippen molar-refractivity contribution >= 4 is 38.9 Å². The van der Waals surface area contributed by atoms with Gasteiger partial charge in [-0.15, -0.1) is 0 Å². The number of aryl methyl sites for hydroxylation is 2. The molecule has 248 valence electrons. The summed E-state index contributed by atoms with van der Waals surface area (Å²) in [4.78, 5) is 2.35. The zero-order chi connectivity index (χ0) is 35.0. The van der Waals surface area contributed by atoms with Crippen LogP contribution in [0.1, 0.15) is 11.1 Å². The molecule has 0 fully saturated rings. The number of para-hydroxylation sites is 2. The number of fused-ring (bicyclic) bond motifs is 3. The summed E-state index contributed by atoms with van der Waals surface area (Å²) in [5, 5.41) is 2.56. The van der Waals surface area contributed by atoms with Gasteiger partial charge in [-0.2, -0.15) is 0 Å². The van der Waals surface area contributed by atoms with Gasteiger partial charge in [0.2, 0.25) is 0 Å². The van der Waals surface area contributed by atoms with Crippen LogP contribution < -0.4 is 4.90 Å². The molecule has 0 radical (unpaired) electrons. The highest BCUT2D eigenvalue weighted by Crippen LogP contribution is 2.38. The Hall–Kier alpha value is -6.64. The molecule has 0 aliphatic rings. The standard InChI is InChI=1S/C50H38N2/c1-35-32-36(2)34-46(33-35)51(43-26-20-40(21-27-43)37-10-4-3-5-11-37)44-28-22-41(23-29-44)38-16-18-39(19-17-38)42-24-30-45(31-25-42)52-49-14-8-6-12-47(49)48-13-7-9-15-50(48)52/h3-34H,1-2H3. The van der Waals surface area contributed by atoms with Gasteiger partial charge in [-0.3, -0.25) is 0 Å². The van der Waals surface area contributed by atoms with Gasteiger partial charge < -0.3 is 9.47 Å². The molecule has 0 amide bonds. The van der Waals surface area contributed by atoms with Crippen LogP contribution in [-0.2, 0) is 0 Å². The molecule has 0 bridgehead atoms. The molecule has 0 saturated heterocycles. The number of aromatic nitrogens is 1. The highest BCUT2D eigenvalue weighted by atomic mass is 15.1. The topological polar surface area (TPSA) is 8.17 Å². The van der Waals surface area contributed by atoms with Gasteiger partial charge in [0, 0.05) is 33.5 Å². The molecule has 1 heterocycles. The largest absolute Gasteiger partial charge is 0.310 e. The van der Waals surface area contributed by atoms with E-state index in [0.29, 0.717) is 0 Å². The van der Waals surface area contributed by atoms with E-state index in [-0.39, 0.29) is 0 Å². The molecule has 0 aliphatic carbocycles. The SMILES string of the molecule is Cc1cc(C)cc(N(c2ccc(-c3ccccc3)cc2)c2ccc(-c3ccc(-c4ccc(-n5c6ccccc6c6ccccc65)cc4)cc3)cc2)c1. The summed E-state index contributed by atoms with van der Waals surface area (Å²) in [7, 11) is 0. The lowest BCUT2D eigenvalue weighted by molar-refractivity contribution is 1.18. The van der Waals surface area contributed by atoms with Crippen LogP contribution in [0.3, 0.4) is 0 Å². The van der Waals surface area contributed by atoms with E-state index in [9.17, 15) is 0 Å². The summed E-state index contributed by atoms with van der Waals surface area (Å²) in [5.41, 5.74) is 16.8. The second kappa shape index (κ2) is 13.2. The molecule has 2 heteroatoms. The third-order valence-corrected chi connectivity index (χ3v) is 10.1. The van der Waals surface area contributed by atoms with E-state index in [1.165, 1.54) is 72.0 Å². The number of rotatable bonds is 7. The Morgan fingerprint density at radius 1 is 0.327 bits per heavy atom. The van der Waals surface area contributed by atoms with Gasteiger partial charge in [-0.1, -0.05) is 133 Å². The number of hydrogen-bond donors (Lipinski definition) is 0. The van der Waals surface area contributed by atoms with Crippen LogP contribution >= 0.6 is 0 Å². The van der Waals surface area contributed by atoms with Crippen LogP contribution in [0.5, 0.6) is 0 Å². The van der Waals surface area contributed by atoms with Gasteiger partial charge in [0.05, 0.1) is 11.0 Å². The molecule has 0 spiro atoms. The van der Waals surface area contributed by atoms with Crippen molar-refractivity contribution in [3.05, 3.63) is 205 Å². The zero-order valence-corrected chi connectivity index (χ0v) is 29.4. The highest BCUT2D eigenvalue weighted by molar-refractivity contribution is 6.09. The predicted molar refractivity (Wildman–Crippen MR) is 221 cm³/mol. The fourth-order valence-electron chi connectivity index (χ4n) is 7.62. The summed E-state index contributed by atoms with van der Waals surface area (Å²) in [6, 6.07) is 70.3. The van der Waals surface area contributed by atoms with Gasteiger partial charge >= 0.3 is 0 Å². The fourth-order valence-corrected chi connectivity index (χ4v) is 7.62. The maximum atomic E-state index is 2.36. The molecular formula is C50H38N2. The van der Waals surface area contributed by atoms with Crippen molar-refractivity contribution in [3.8, 4) is 39.1 Å². The monoisotopic (exact) mass is 666 g/mol. The molecule has 0 N–H and O–H groups in total. The Labute approximate surface area is 305 Å². The average Bonchev–Trinajstić information content (AvgIpc) is 3.53. The lowest BCUT2D eigenvalue weighted by atomic mass is 9.99. The first-order chi connectivity index (χ1) is 25.6. The van der Waals surface area contributed by atoms with Crippen molar-refractivity contribution in [2.45, 2.75) is 13.8 Å². The van der Waals surface area contributed by atoms with Crippen LogP contribution in [0.25, 0.3) is 60.9 Å². The second-order valence-corrected chi connectivity index (χ2v) is 13.6. The Kier molecular flexibility index (Phi) is 7.98. The molecule has 9 rings (SSSR count). The van der Waals surface area contributed by atoms with E-state index >= 15 is 0 Å². The minimum absolute atomic E-state index is 1.13. The van der Waals surface area contributed by atoms with E-state index in [4.69, 9.17) is 0 Å². The van der Waals surface area contributed by atoms with E-state index in [0.717, 1.165) is 17.1 Å². The fraction of sp³-hybridized carbons (Fsp3) is 0.0400. The first kappa shape index (κ1) is 31.3. The molecular weight excluding hydrogens is 629 g/mol. The molecule has 8 aromatic carbocycles. The third kappa shape index (κ3) is 5.85. The van der Waals surface area contributed by atoms with E-state index in [1.807, 2.05) is 0 Å². The number of hydrogen-bond acceptors (Lipinski definition) is 1. The second-order valence-electron chi connectivity index (χ2n) is 13.6. The Morgan fingerprint density at radius 3 is 1.15 bits per heavy atom. The smallest absolute Gasteiger partial charge is 0.0541 e. The van der Waals surface area contributed by atoms with Crippen molar-refractivity contribution in [3.63, 3.8) is 0 Å². The molecule has 2 nitrogen and oxygen atoms in total. The molecule has 0 aliphatic heterocycles. The molecule has 0 saturated carbocycles. The van der Waals surface area contributed by atoms with Crippen molar-refractivity contribution in [1.29, 1.82) is 0 Å². The Bertz CT molecular complexity index is 2570. The third-order valence-electron chi connectivity index (χ3n) is 10.1.